The van der Waals surface area contributed by atoms with Crippen LogP contribution in [0.1, 0.15) is 0 Å². The molecule has 23 heavy (non-hydrogen) atoms. The first kappa shape index (κ1) is 14.5. The van der Waals surface area contributed by atoms with E-state index in [1.54, 1.807) is 0 Å². The normalized spacial score (nSPS) is 12.1. The van der Waals surface area contributed by atoms with Crippen molar-refractivity contribution in [3.63, 3.8) is 0 Å². The Hall–Kier alpha value is -2.07. The first-order chi connectivity index (χ1) is 11.0. The van der Waals surface area contributed by atoms with Gasteiger partial charge in [-0.15, -0.1) is 0 Å². The van der Waals surface area contributed by atoms with Gasteiger partial charge in [0, 0.05) is 0 Å². The van der Waals surface area contributed by atoms with Crippen LogP contribution in [0.4, 0.5) is 0 Å². The van der Waals surface area contributed by atoms with Gasteiger partial charge in [0.15, 0.2) is 0 Å². The van der Waals surface area contributed by atoms with Crippen LogP contribution < -0.4 is 4.40 Å². The van der Waals surface area contributed by atoms with Crippen LogP contribution >= 0.6 is 0 Å². The second-order valence-corrected chi connectivity index (χ2v) is 17.5. The number of hydrogen-bond donors (Lipinski definition) is 0. The summed E-state index contributed by atoms with van der Waals surface area (Å²) in [5, 5.41) is 2.29. The molecule has 0 aliphatic heterocycles. The second kappa shape index (κ2) is 5.24. The molecule has 0 amide bonds. The maximum atomic E-state index is 6.28. The van der Waals surface area contributed by atoms with Crippen LogP contribution in [0.2, 0.25) is 17.3 Å². The monoisotopic (exact) mass is 363 g/mol. The molecule has 0 saturated carbocycles. The molecular formula is C20H19GeNO. The van der Waals surface area contributed by atoms with Crippen molar-refractivity contribution in [2.24, 2.45) is 0 Å². The Morgan fingerprint density at radius 1 is 0.870 bits per heavy atom. The molecule has 2 aromatic heterocycles. The Labute approximate surface area is 138 Å². The molecule has 0 bridgehead atoms. The Kier molecular flexibility index (Phi) is 3.31. The molecule has 114 valence electrons. The van der Waals surface area contributed by atoms with Crippen molar-refractivity contribution >= 4 is 39.6 Å². The zero-order chi connectivity index (χ0) is 16.0. The van der Waals surface area contributed by atoms with E-state index in [2.05, 4.69) is 58.7 Å². The van der Waals surface area contributed by atoms with Gasteiger partial charge in [-0.1, -0.05) is 0 Å². The van der Waals surface area contributed by atoms with Crippen molar-refractivity contribution in [2.75, 3.05) is 0 Å². The average molecular weight is 362 g/mol. The predicted octanol–water partition coefficient (Wildman–Crippen LogP) is 5.19. The number of fused-ring (bicyclic) bond motifs is 3. The molecule has 0 fully saturated rings. The molecule has 0 spiro atoms. The molecule has 0 radical (unpaired) electrons. The quantitative estimate of drug-likeness (QED) is 0.459. The Bertz CT molecular complexity index is 997. The van der Waals surface area contributed by atoms with E-state index in [4.69, 9.17) is 4.42 Å². The second-order valence-electron chi connectivity index (χ2n) is 6.97. The fourth-order valence-electron chi connectivity index (χ4n) is 3.05. The molecule has 0 aliphatic rings. The maximum absolute atomic E-state index is 6.28. The molecule has 4 aromatic rings. The van der Waals surface area contributed by atoms with E-state index in [1.807, 2.05) is 24.4 Å². The standard InChI is InChI=1S/C20H19GeNO/c1-21(2,3)17-11-7-10-15-16-13-22-18(12-19(16)23-20(15)17)14-8-5-4-6-9-14/h4-13H,1-3H3. The zero-order valence-corrected chi connectivity index (χ0v) is 15.7. The van der Waals surface area contributed by atoms with E-state index in [0.29, 0.717) is 0 Å². The van der Waals surface area contributed by atoms with E-state index in [9.17, 15) is 0 Å². The molecule has 0 atom stereocenters. The van der Waals surface area contributed by atoms with E-state index < -0.39 is 13.3 Å². The number of benzene rings is 2. The molecule has 0 saturated heterocycles. The van der Waals surface area contributed by atoms with Crippen molar-refractivity contribution in [1.82, 2.24) is 4.98 Å². The first-order valence-corrected chi connectivity index (χ1v) is 15.3. The molecule has 3 heteroatoms. The van der Waals surface area contributed by atoms with Gasteiger partial charge in [0.1, 0.15) is 0 Å². The number of hydrogen-bond acceptors (Lipinski definition) is 2. The Morgan fingerprint density at radius 2 is 1.65 bits per heavy atom. The van der Waals surface area contributed by atoms with Gasteiger partial charge in [-0.25, -0.2) is 0 Å². The fraction of sp³-hybridized carbons (Fsp3) is 0.150. The van der Waals surface area contributed by atoms with Gasteiger partial charge in [-0.2, -0.15) is 0 Å². The molecule has 2 nitrogen and oxygen atoms in total. The van der Waals surface area contributed by atoms with Gasteiger partial charge in [0.25, 0.3) is 0 Å². The fourth-order valence-corrected chi connectivity index (χ4v) is 6.12. The van der Waals surface area contributed by atoms with Crippen molar-refractivity contribution in [1.29, 1.82) is 0 Å². The molecule has 4 rings (SSSR count). The molecule has 2 heterocycles. The minimum absolute atomic E-state index is 0.924. The third-order valence-electron chi connectivity index (χ3n) is 4.26. The van der Waals surface area contributed by atoms with Crippen LogP contribution in [0.5, 0.6) is 0 Å². The number of nitrogens with zero attached hydrogens (tertiary/aromatic N) is 1. The summed E-state index contributed by atoms with van der Waals surface area (Å²) in [6.45, 7) is 0. The van der Waals surface area contributed by atoms with Gasteiger partial charge >= 0.3 is 138 Å². The van der Waals surface area contributed by atoms with Gasteiger partial charge in [0.05, 0.1) is 0 Å². The van der Waals surface area contributed by atoms with Crippen LogP contribution in [-0.2, 0) is 0 Å². The van der Waals surface area contributed by atoms with Crippen LogP contribution in [-0.4, -0.2) is 18.3 Å². The molecule has 2 aromatic carbocycles. The Balaban J connectivity index is 1.99. The van der Waals surface area contributed by atoms with Crippen LogP contribution in [0.25, 0.3) is 33.2 Å². The zero-order valence-electron chi connectivity index (χ0n) is 13.6. The molecule has 0 N–H and O–H groups in total. The van der Waals surface area contributed by atoms with Crippen molar-refractivity contribution < 1.29 is 4.42 Å². The van der Waals surface area contributed by atoms with E-state index in [1.165, 1.54) is 9.78 Å². The molecule has 0 unspecified atom stereocenters. The summed E-state index contributed by atoms with van der Waals surface area (Å²) in [5.41, 5.74) is 4.05. The first-order valence-electron chi connectivity index (χ1n) is 7.91. The summed E-state index contributed by atoms with van der Waals surface area (Å²) in [5.74, 6) is 7.20. The minimum atomic E-state index is -1.98. The van der Waals surface area contributed by atoms with Crippen molar-refractivity contribution in [3.8, 4) is 11.3 Å². The summed E-state index contributed by atoms with van der Waals surface area (Å²) < 4.78 is 7.70. The summed E-state index contributed by atoms with van der Waals surface area (Å²) in [6, 6.07) is 18.8. The number of pyridine rings is 1. The molecule has 0 aliphatic carbocycles. The number of furan rings is 1. The van der Waals surface area contributed by atoms with Gasteiger partial charge in [-0.05, 0) is 0 Å². The SMILES string of the molecule is [CH3][Ge]([CH3])([CH3])[c]1cccc2c1oc1cc(-c3ccccc3)ncc12. The topological polar surface area (TPSA) is 26.0 Å². The third-order valence-corrected chi connectivity index (χ3v) is 8.48. The summed E-state index contributed by atoms with van der Waals surface area (Å²) in [4.78, 5) is 4.65. The van der Waals surface area contributed by atoms with Crippen LogP contribution in [0.15, 0.2) is 65.2 Å². The predicted molar refractivity (Wildman–Crippen MR) is 99.9 cm³/mol. The summed E-state index contributed by atoms with van der Waals surface area (Å²) >= 11 is -1.98. The van der Waals surface area contributed by atoms with Gasteiger partial charge in [-0.3, -0.25) is 0 Å². The van der Waals surface area contributed by atoms with Crippen LogP contribution in [0, 0.1) is 0 Å². The average Bonchev–Trinajstić information content (AvgIpc) is 2.92. The van der Waals surface area contributed by atoms with E-state index in [0.717, 1.165) is 27.8 Å². The van der Waals surface area contributed by atoms with Crippen molar-refractivity contribution in [3.05, 3.63) is 60.8 Å². The Morgan fingerprint density at radius 3 is 2.39 bits per heavy atom. The summed E-state index contributed by atoms with van der Waals surface area (Å²) in [7, 11) is 0. The number of rotatable bonds is 2. The number of aromatic nitrogens is 1. The van der Waals surface area contributed by atoms with Gasteiger partial charge < -0.3 is 0 Å². The van der Waals surface area contributed by atoms with E-state index >= 15 is 0 Å². The third kappa shape index (κ3) is 2.47. The molecular weight excluding hydrogens is 343 g/mol. The van der Waals surface area contributed by atoms with E-state index in [-0.39, 0.29) is 0 Å². The van der Waals surface area contributed by atoms with Crippen LogP contribution in [0.3, 0.4) is 0 Å². The van der Waals surface area contributed by atoms with Gasteiger partial charge in [0.2, 0.25) is 0 Å². The van der Waals surface area contributed by atoms with Crippen molar-refractivity contribution in [2.45, 2.75) is 17.3 Å². The number of para-hydroxylation sites is 1. The summed E-state index contributed by atoms with van der Waals surface area (Å²) in [6.07, 6.45) is 1.95.